The van der Waals surface area contributed by atoms with Crippen LogP contribution in [0.5, 0.6) is 11.5 Å². The molecule has 0 bridgehead atoms. The Balaban J connectivity index is 1.31. The van der Waals surface area contributed by atoms with Crippen molar-refractivity contribution in [3.8, 4) is 11.5 Å². The van der Waals surface area contributed by atoms with Gasteiger partial charge in [-0.15, -0.1) is 0 Å². The maximum absolute atomic E-state index is 12.2. The van der Waals surface area contributed by atoms with Crippen molar-refractivity contribution in [2.45, 2.75) is 25.3 Å². The van der Waals surface area contributed by atoms with Crippen LogP contribution in [0.15, 0.2) is 18.2 Å². The normalized spacial score (nSPS) is 24.3. The molecular weight excluding hydrogens is 268 g/mol. The van der Waals surface area contributed by atoms with Gasteiger partial charge in [0.15, 0.2) is 11.5 Å². The topological polar surface area (TPSA) is 50.8 Å². The van der Waals surface area contributed by atoms with Crippen LogP contribution in [0.25, 0.3) is 0 Å². The summed E-state index contributed by atoms with van der Waals surface area (Å²) in [7, 11) is 0. The van der Waals surface area contributed by atoms with E-state index in [2.05, 4.69) is 10.2 Å². The van der Waals surface area contributed by atoms with Crippen LogP contribution in [0.4, 0.5) is 0 Å². The van der Waals surface area contributed by atoms with Crippen LogP contribution in [-0.2, 0) is 0 Å². The minimum atomic E-state index is -0.0295. The molecule has 1 unspecified atom stereocenters. The Morgan fingerprint density at radius 3 is 2.95 bits per heavy atom. The van der Waals surface area contributed by atoms with Gasteiger partial charge in [0.25, 0.3) is 5.91 Å². The zero-order valence-corrected chi connectivity index (χ0v) is 12.0. The number of fused-ring (bicyclic) bond motifs is 1. The highest BCUT2D eigenvalue weighted by atomic mass is 16.7. The van der Waals surface area contributed by atoms with E-state index < -0.39 is 0 Å². The van der Waals surface area contributed by atoms with Gasteiger partial charge >= 0.3 is 0 Å². The van der Waals surface area contributed by atoms with Gasteiger partial charge in [-0.3, -0.25) is 4.79 Å². The van der Waals surface area contributed by atoms with Gasteiger partial charge in [-0.25, -0.2) is 0 Å². The van der Waals surface area contributed by atoms with Crippen molar-refractivity contribution < 1.29 is 14.3 Å². The Bertz CT molecular complexity index is 556. The zero-order chi connectivity index (χ0) is 14.2. The first-order valence-corrected chi connectivity index (χ1v) is 7.71. The lowest BCUT2D eigenvalue weighted by Crippen LogP contribution is -2.31. The second-order valence-corrected chi connectivity index (χ2v) is 6.16. The van der Waals surface area contributed by atoms with Gasteiger partial charge in [-0.05, 0) is 49.9 Å². The Labute approximate surface area is 124 Å². The summed E-state index contributed by atoms with van der Waals surface area (Å²) >= 11 is 0. The lowest BCUT2D eigenvalue weighted by molar-refractivity contribution is 0.0947. The van der Waals surface area contributed by atoms with Crippen molar-refractivity contribution in [2.75, 3.05) is 26.4 Å². The largest absolute Gasteiger partial charge is 0.454 e. The third-order valence-electron chi connectivity index (χ3n) is 4.57. The number of carbonyl (C=O) groups excluding carboxylic acids is 1. The molecule has 0 spiro atoms. The molecule has 2 aliphatic heterocycles. The molecule has 4 rings (SSSR count). The fourth-order valence-corrected chi connectivity index (χ4v) is 3.18. The second-order valence-electron chi connectivity index (χ2n) is 6.16. The van der Waals surface area contributed by atoms with Gasteiger partial charge in [0, 0.05) is 24.7 Å². The molecule has 1 aromatic carbocycles. The molecule has 1 atom stereocenters. The summed E-state index contributed by atoms with van der Waals surface area (Å²) in [6, 6.07) is 6.16. The number of likely N-dealkylation sites (tertiary alicyclic amines) is 1. The van der Waals surface area contributed by atoms with Crippen molar-refractivity contribution in [3.05, 3.63) is 23.8 Å². The van der Waals surface area contributed by atoms with Crippen LogP contribution in [0.1, 0.15) is 29.6 Å². The summed E-state index contributed by atoms with van der Waals surface area (Å²) in [6.45, 7) is 3.32. The smallest absolute Gasteiger partial charge is 0.251 e. The number of benzene rings is 1. The molecule has 112 valence electrons. The molecule has 1 saturated heterocycles. The van der Waals surface area contributed by atoms with E-state index in [0.717, 1.165) is 19.1 Å². The summed E-state index contributed by atoms with van der Waals surface area (Å²) in [4.78, 5) is 14.8. The Hall–Kier alpha value is -1.75. The number of carbonyl (C=O) groups is 1. The third-order valence-corrected chi connectivity index (χ3v) is 4.57. The highest BCUT2D eigenvalue weighted by Gasteiger charge is 2.34. The molecule has 1 aromatic rings. The van der Waals surface area contributed by atoms with E-state index in [1.807, 2.05) is 0 Å². The van der Waals surface area contributed by atoms with E-state index in [9.17, 15) is 4.79 Å². The van der Waals surface area contributed by atoms with Crippen LogP contribution in [-0.4, -0.2) is 43.3 Å². The van der Waals surface area contributed by atoms with E-state index in [4.69, 9.17) is 9.47 Å². The van der Waals surface area contributed by atoms with Gasteiger partial charge in [0.1, 0.15) is 0 Å². The second kappa shape index (κ2) is 5.22. The van der Waals surface area contributed by atoms with Crippen molar-refractivity contribution in [2.24, 2.45) is 5.92 Å². The SMILES string of the molecule is O=C(NCC1CCN(C2CC2)C1)c1ccc2c(c1)OCO2. The fourth-order valence-electron chi connectivity index (χ4n) is 3.18. The predicted molar refractivity (Wildman–Crippen MR) is 77.6 cm³/mol. The Morgan fingerprint density at radius 1 is 1.24 bits per heavy atom. The van der Waals surface area contributed by atoms with E-state index in [0.29, 0.717) is 23.0 Å². The van der Waals surface area contributed by atoms with Crippen molar-refractivity contribution >= 4 is 5.91 Å². The lowest BCUT2D eigenvalue weighted by atomic mass is 10.1. The van der Waals surface area contributed by atoms with Crippen LogP contribution in [0.2, 0.25) is 0 Å². The first-order chi connectivity index (χ1) is 10.3. The summed E-state index contributed by atoms with van der Waals surface area (Å²) < 4.78 is 10.6. The average Bonchev–Trinajstić information content (AvgIpc) is 3.07. The van der Waals surface area contributed by atoms with E-state index in [-0.39, 0.29) is 12.7 Å². The first-order valence-electron chi connectivity index (χ1n) is 7.71. The highest BCUT2D eigenvalue weighted by Crippen LogP contribution is 2.33. The minimum absolute atomic E-state index is 0.0295. The molecular formula is C16H20N2O3. The molecule has 1 aliphatic carbocycles. The molecule has 2 fully saturated rings. The lowest BCUT2D eigenvalue weighted by Gasteiger charge is -2.15. The first kappa shape index (κ1) is 13.0. The van der Waals surface area contributed by atoms with Gasteiger partial charge in [0.2, 0.25) is 6.79 Å². The van der Waals surface area contributed by atoms with Gasteiger partial charge in [-0.2, -0.15) is 0 Å². The number of hydrogen-bond donors (Lipinski definition) is 1. The molecule has 2 heterocycles. The standard InChI is InChI=1S/C16H20N2O3/c19-16(12-1-4-14-15(7-12)21-10-20-14)17-8-11-5-6-18(9-11)13-2-3-13/h1,4,7,11,13H,2-3,5-6,8-10H2,(H,17,19). The van der Waals surface area contributed by atoms with Crippen LogP contribution in [0, 0.1) is 5.92 Å². The average molecular weight is 288 g/mol. The van der Waals surface area contributed by atoms with E-state index in [1.165, 1.54) is 25.8 Å². The summed E-state index contributed by atoms with van der Waals surface area (Å²) in [5.41, 5.74) is 0.635. The molecule has 5 heteroatoms. The number of amides is 1. The molecule has 5 nitrogen and oxygen atoms in total. The highest BCUT2D eigenvalue weighted by molar-refractivity contribution is 5.94. The molecule has 3 aliphatic rings. The van der Waals surface area contributed by atoms with Crippen molar-refractivity contribution in [1.29, 1.82) is 0 Å². The molecule has 1 N–H and O–H groups in total. The molecule has 1 saturated carbocycles. The van der Waals surface area contributed by atoms with Crippen molar-refractivity contribution in [1.82, 2.24) is 10.2 Å². The summed E-state index contributed by atoms with van der Waals surface area (Å²) in [5, 5.41) is 3.05. The van der Waals surface area contributed by atoms with Gasteiger partial charge in [0.05, 0.1) is 0 Å². The van der Waals surface area contributed by atoms with Crippen LogP contribution < -0.4 is 14.8 Å². The van der Waals surface area contributed by atoms with Crippen LogP contribution >= 0.6 is 0 Å². The molecule has 1 amide bonds. The monoisotopic (exact) mass is 288 g/mol. The van der Waals surface area contributed by atoms with Gasteiger partial charge in [-0.1, -0.05) is 0 Å². The summed E-state index contributed by atoms with van der Waals surface area (Å²) in [5.74, 6) is 1.92. The molecule has 21 heavy (non-hydrogen) atoms. The minimum Gasteiger partial charge on any atom is -0.454 e. The van der Waals surface area contributed by atoms with E-state index >= 15 is 0 Å². The van der Waals surface area contributed by atoms with Gasteiger partial charge < -0.3 is 19.7 Å². The van der Waals surface area contributed by atoms with Crippen LogP contribution in [0.3, 0.4) is 0 Å². The number of nitrogens with zero attached hydrogens (tertiary/aromatic N) is 1. The zero-order valence-electron chi connectivity index (χ0n) is 12.0. The molecule has 0 radical (unpaired) electrons. The summed E-state index contributed by atoms with van der Waals surface area (Å²) in [6.07, 6.45) is 3.91. The Kier molecular flexibility index (Phi) is 3.22. The number of nitrogens with one attached hydrogen (secondary N) is 1. The number of hydrogen-bond acceptors (Lipinski definition) is 4. The molecule has 0 aromatic heterocycles. The maximum Gasteiger partial charge on any atom is 0.251 e. The number of ether oxygens (including phenoxy) is 2. The maximum atomic E-state index is 12.2. The number of rotatable bonds is 4. The Morgan fingerprint density at radius 2 is 2.10 bits per heavy atom. The predicted octanol–water partition coefficient (Wildman–Crippen LogP) is 1.63. The third kappa shape index (κ3) is 2.70. The fraction of sp³-hybridized carbons (Fsp3) is 0.562. The van der Waals surface area contributed by atoms with E-state index in [1.54, 1.807) is 18.2 Å². The quantitative estimate of drug-likeness (QED) is 0.915. The van der Waals surface area contributed by atoms with Crippen molar-refractivity contribution in [3.63, 3.8) is 0 Å².